The maximum atomic E-state index is 10.8. The highest BCUT2D eigenvalue weighted by atomic mass is 35.5. The Kier molecular flexibility index (Phi) is 3.34. The molecule has 4 nitrogen and oxygen atoms in total. The normalized spacial score (nSPS) is 24.7. The van der Waals surface area contributed by atoms with Crippen LogP contribution in [0.15, 0.2) is 54.6 Å². The molecule has 1 aliphatic heterocycles. The summed E-state index contributed by atoms with van der Waals surface area (Å²) in [5, 5.41) is 15.1. The molecular weight excluding hydrogens is 312 g/mol. The van der Waals surface area contributed by atoms with E-state index in [4.69, 9.17) is 11.6 Å². The molecule has 1 heterocycles. The molecule has 2 aromatic carbocycles. The SMILES string of the molecule is O=[N+]([O-])c1ccc([C@H]2Nc3c(Cl)cccc3[C@@H]3C=CC[C@@H]23)cc1. The van der Waals surface area contributed by atoms with E-state index in [0.717, 1.165) is 17.7 Å². The molecule has 0 bridgehead atoms. The van der Waals surface area contributed by atoms with Crippen molar-refractivity contribution >= 4 is 23.0 Å². The van der Waals surface area contributed by atoms with Gasteiger partial charge in [-0.25, -0.2) is 0 Å². The zero-order valence-electron chi connectivity index (χ0n) is 12.3. The molecule has 0 aromatic heterocycles. The summed E-state index contributed by atoms with van der Waals surface area (Å²) in [4.78, 5) is 10.5. The standard InChI is InChI=1S/C18H15ClN2O2/c19-16-6-2-5-15-13-3-1-4-14(13)17(20-18(15)16)11-7-9-12(10-8-11)21(22)23/h1-3,5-10,13-14,17,20H,4H2/t13-,14-,17-/m1/s1. The van der Waals surface area contributed by atoms with E-state index in [2.05, 4.69) is 23.5 Å². The zero-order valence-corrected chi connectivity index (χ0v) is 13.0. The molecule has 2 aliphatic rings. The number of halogens is 1. The molecular formula is C18H15ClN2O2. The Labute approximate surface area is 138 Å². The molecule has 0 amide bonds. The van der Waals surface area contributed by atoms with E-state index in [0.29, 0.717) is 16.9 Å². The number of hydrogen-bond donors (Lipinski definition) is 1. The fourth-order valence-electron chi connectivity index (χ4n) is 3.72. The predicted octanol–water partition coefficient (Wildman–Crippen LogP) is 5.07. The molecule has 0 spiro atoms. The van der Waals surface area contributed by atoms with Crippen molar-refractivity contribution in [1.29, 1.82) is 0 Å². The van der Waals surface area contributed by atoms with Gasteiger partial charge in [0.2, 0.25) is 0 Å². The maximum Gasteiger partial charge on any atom is 0.269 e. The molecule has 2 aromatic rings. The largest absolute Gasteiger partial charge is 0.376 e. The molecule has 1 aliphatic carbocycles. The summed E-state index contributed by atoms with van der Waals surface area (Å²) in [6, 6.07) is 12.9. The van der Waals surface area contributed by atoms with Crippen molar-refractivity contribution in [3.05, 3.63) is 80.9 Å². The van der Waals surface area contributed by atoms with Crippen molar-refractivity contribution in [2.45, 2.75) is 18.4 Å². The van der Waals surface area contributed by atoms with Crippen molar-refractivity contribution in [3.8, 4) is 0 Å². The average Bonchev–Trinajstić information content (AvgIpc) is 3.04. The maximum absolute atomic E-state index is 10.8. The van der Waals surface area contributed by atoms with Crippen LogP contribution in [-0.4, -0.2) is 4.92 Å². The van der Waals surface area contributed by atoms with Crippen LogP contribution >= 0.6 is 11.6 Å². The van der Waals surface area contributed by atoms with E-state index in [1.54, 1.807) is 12.1 Å². The molecule has 0 radical (unpaired) electrons. The van der Waals surface area contributed by atoms with Gasteiger partial charge in [0.25, 0.3) is 5.69 Å². The third-order valence-corrected chi connectivity index (χ3v) is 5.12. The number of nitrogens with one attached hydrogen (secondary N) is 1. The predicted molar refractivity (Wildman–Crippen MR) is 90.9 cm³/mol. The number of hydrogen-bond acceptors (Lipinski definition) is 3. The van der Waals surface area contributed by atoms with Gasteiger partial charge in [-0.15, -0.1) is 0 Å². The Hall–Kier alpha value is -2.33. The third kappa shape index (κ3) is 2.30. The van der Waals surface area contributed by atoms with Crippen molar-refractivity contribution in [3.63, 3.8) is 0 Å². The number of nitrogens with zero attached hydrogens (tertiary/aromatic N) is 1. The molecule has 116 valence electrons. The van der Waals surface area contributed by atoms with Gasteiger partial charge >= 0.3 is 0 Å². The van der Waals surface area contributed by atoms with Gasteiger partial charge in [0, 0.05) is 18.1 Å². The van der Waals surface area contributed by atoms with Crippen molar-refractivity contribution in [1.82, 2.24) is 0 Å². The van der Waals surface area contributed by atoms with Crippen LogP contribution in [0, 0.1) is 16.0 Å². The summed E-state index contributed by atoms with van der Waals surface area (Å²) in [5.41, 5.74) is 3.38. The lowest BCUT2D eigenvalue weighted by atomic mass is 9.77. The number of benzene rings is 2. The van der Waals surface area contributed by atoms with Gasteiger partial charge in [-0.3, -0.25) is 10.1 Å². The minimum absolute atomic E-state index is 0.100. The fraction of sp³-hybridized carbons (Fsp3) is 0.222. The van der Waals surface area contributed by atoms with Crippen LogP contribution in [0.3, 0.4) is 0 Å². The second-order valence-corrected chi connectivity index (χ2v) is 6.44. The third-order valence-electron chi connectivity index (χ3n) is 4.81. The number of nitro benzene ring substituents is 1. The van der Waals surface area contributed by atoms with E-state index >= 15 is 0 Å². The van der Waals surface area contributed by atoms with Crippen LogP contribution in [0.25, 0.3) is 0 Å². The average molecular weight is 327 g/mol. The Morgan fingerprint density at radius 1 is 1.17 bits per heavy atom. The summed E-state index contributed by atoms with van der Waals surface area (Å²) in [7, 11) is 0. The highest BCUT2D eigenvalue weighted by Crippen LogP contribution is 2.51. The fourth-order valence-corrected chi connectivity index (χ4v) is 3.95. The zero-order chi connectivity index (χ0) is 16.0. The van der Waals surface area contributed by atoms with Gasteiger partial charge in [-0.2, -0.15) is 0 Å². The summed E-state index contributed by atoms with van der Waals surface area (Å²) >= 11 is 6.38. The van der Waals surface area contributed by atoms with Gasteiger partial charge in [-0.1, -0.05) is 48.0 Å². The summed E-state index contributed by atoms with van der Waals surface area (Å²) in [6.07, 6.45) is 5.45. The lowest BCUT2D eigenvalue weighted by Crippen LogP contribution is -2.29. The molecule has 3 atom stereocenters. The lowest BCUT2D eigenvalue weighted by Gasteiger charge is -2.37. The van der Waals surface area contributed by atoms with E-state index in [1.165, 1.54) is 5.56 Å². The first kappa shape index (κ1) is 14.3. The monoisotopic (exact) mass is 326 g/mol. The van der Waals surface area contributed by atoms with E-state index in [1.807, 2.05) is 24.3 Å². The molecule has 0 unspecified atom stereocenters. The lowest BCUT2D eigenvalue weighted by molar-refractivity contribution is -0.384. The summed E-state index contributed by atoms with van der Waals surface area (Å²) in [6.45, 7) is 0. The van der Waals surface area contributed by atoms with E-state index in [-0.39, 0.29) is 16.7 Å². The minimum atomic E-state index is -0.371. The van der Waals surface area contributed by atoms with Crippen LogP contribution < -0.4 is 5.32 Å². The van der Waals surface area contributed by atoms with Crippen molar-refractivity contribution in [2.75, 3.05) is 5.32 Å². The molecule has 0 saturated carbocycles. The van der Waals surface area contributed by atoms with Gasteiger partial charge in [-0.05, 0) is 29.5 Å². The first-order valence-corrected chi connectivity index (χ1v) is 7.99. The van der Waals surface area contributed by atoms with E-state index < -0.39 is 0 Å². The summed E-state index contributed by atoms with van der Waals surface area (Å²) < 4.78 is 0. The van der Waals surface area contributed by atoms with Crippen LogP contribution in [0.1, 0.15) is 29.5 Å². The Morgan fingerprint density at radius 3 is 2.70 bits per heavy atom. The number of para-hydroxylation sites is 1. The Balaban J connectivity index is 1.75. The second kappa shape index (κ2) is 5.39. The number of allylic oxidation sites excluding steroid dienone is 2. The number of anilines is 1. The minimum Gasteiger partial charge on any atom is -0.376 e. The first-order chi connectivity index (χ1) is 11.1. The second-order valence-electron chi connectivity index (χ2n) is 6.03. The molecule has 4 rings (SSSR count). The van der Waals surface area contributed by atoms with Gasteiger partial charge in [0.1, 0.15) is 0 Å². The summed E-state index contributed by atoms with van der Waals surface area (Å²) in [5.74, 6) is 0.743. The smallest absolute Gasteiger partial charge is 0.269 e. The Morgan fingerprint density at radius 2 is 1.96 bits per heavy atom. The topological polar surface area (TPSA) is 55.2 Å². The van der Waals surface area contributed by atoms with Gasteiger partial charge in [0.05, 0.1) is 21.7 Å². The van der Waals surface area contributed by atoms with Gasteiger partial charge in [0.15, 0.2) is 0 Å². The molecule has 0 saturated heterocycles. The van der Waals surface area contributed by atoms with E-state index in [9.17, 15) is 10.1 Å². The number of rotatable bonds is 2. The van der Waals surface area contributed by atoms with Crippen LogP contribution in [0.5, 0.6) is 0 Å². The molecule has 5 heteroatoms. The highest BCUT2D eigenvalue weighted by molar-refractivity contribution is 6.33. The van der Waals surface area contributed by atoms with Gasteiger partial charge < -0.3 is 5.32 Å². The molecule has 1 N–H and O–H groups in total. The van der Waals surface area contributed by atoms with Crippen molar-refractivity contribution in [2.24, 2.45) is 5.92 Å². The van der Waals surface area contributed by atoms with Crippen LogP contribution in [-0.2, 0) is 0 Å². The highest BCUT2D eigenvalue weighted by Gasteiger charge is 2.38. The first-order valence-electron chi connectivity index (χ1n) is 7.61. The number of non-ortho nitro benzene ring substituents is 1. The quantitative estimate of drug-likeness (QED) is 0.476. The van der Waals surface area contributed by atoms with Crippen LogP contribution in [0.2, 0.25) is 5.02 Å². The molecule has 0 fully saturated rings. The molecule has 23 heavy (non-hydrogen) atoms. The Bertz CT molecular complexity index is 801. The van der Waals surface area contributed by atoms with Crippen molar-refractivity contribution < 1.29 is 4.92 Å². The van der Waals surface area contributed by atoms with Crippen LogP contribution in [0.4, 0.5) is 11.4 Å². The number of nitro groups is 1. The number of fused-ring (bicyclic) bond motifs is 3.